The topological polar surface area (TPSA) is 94.8 Å². The SMILES string of the molecule is CC(C)(CCCCCc1cccc(O)c1CCCCCC(C)(C)C(=O)O)C(=O)O. The Kier molecular flexibility index (Phi) is 9.67. The third-order valence-electron chi connectivity index (χ3n) is 5.88. The fourth-order valence-corrected chi connectivity index (χ4v) is 3.46. The van der Waals surface area contributed by atoms with Crippen LogP contribution in [0.3, 0.4) is 0 Å². The van der Waals surface area contributed by atoms with Crippen LogP contribution in [0.25, 0.3) is 0 Å². The number of hydrogen-bond acceptors (Lipinski definition) is 3. The Morgan fingerprint density at radius 1 is 0.759 bits per heavy atom. The van der Waals surface area contributed by atoms with Crippen molar-refractivity contribution in [2.24, 2.45) is 10.8 Å². The van der Waals surface area contributed by atoms with Gasteiger partial charge in [-0.2, -0.15) is 0 Å². The maximum Gasteiger partial charge on any atom is 0.309 e. The first-order chi connectivity index (χ1) is 13.5. The van der Waals surface area contributed by atoms with E-state index in [1.165, 1.54) is 0 Å². The molecule has 0 saturated heterocycles. The van der Waals surface area contributed by atoms with Gasteiger partial charge in [-0.3, -0.25) is 9.59 Å². The molecule has 0 atom stereocenters. The van der Waals surface area contributed by atoms with Gasteiger partial charge in [0.15, 0.2) is 0 Å². The van der Waals surface area contributed by atoms with Gasteiger partial charge in [0, 0.05) is 0 Å². The van der Waals surface area contributed by atoms with Crippen LogP contribution < -0.4 is 0 Å². The standard InChI is InChI=1S/C24H38O5/c1-23(2,21(26)27)16-9-5-7-12-18-13-11-15-20(25)19(18)14-8-6-10-17-24(3,4)22(28)29/h11,13,15,25H,5-10,12,14,16-17H2,1-4H3,(H,26,27)(H,28,29). The fourth-order valence-electron chi connectivity index (χ4n) is 3.46. The summed E-state index contributed by atoms with van der Waals surface area (Å²) in [6, 6.07) is 5.66. The van der Waals surface area contributed by atoms with Gasteiger partial charge in [-0.25, -0.2) is 0 Å². The van der Waals surface area contributed by atoms with Crippen LogP contribution in [-0.2, 0) is 22.4 Å². The molecular formula is C24H38O5. The first kappa shape index (κ1) is 25.0. The number of carboxylic acids is 2. The van der Waals surface area contributed by atoms with Crippen LogP contribution in [0.2, 0.25) is 0 Å². The van der Waals surface area contributed by atoms with E-state index in [1.807, 2.05) is 6.07 Å². The zero-order valence-electron chi connectivity index (χ0n) is 18.5. The van der Waals surface area contributed by atoms with E-state index in [4.69, 9.17) is 0 Å². The highest BCUT2D eigenvalue weighted by Crippen LogP contribution is 2.28. The van der Waals surface area contributed by atoms with Crippen LogP contribution in [0.1, 0.15) is 90.2 Å². The third kappa shape index (κ3) is 8.46. The van der Waals surface area contributed by atoms with E-state index in [1.54, 1.807) is 33.8 Å². The molecule has 164 valence electrons. The van der Waals surface area contributed by atoms with E-state index in [0.29, 0.717) is 18.6 Å². The maximum absolute atomic E-state index is 11.2. The van der Waals surface area contributed by atoms with Crippen molar-refractivity contribution in [3.8, 4) is 5.75 Å². The molecule has 5 nitrogen and oxygen atoms in total. The molecule has 29 heavy (non-hydrogen) atoms. The van der Waals surface area contributed by atoms with Gasteiger partial charge in [-0.15, -0.1) is 0 Å². The zero-order chi connectivity index (χ0) is 22.1. The predicted octanol–water partition coefficient (Wildman–Crippen LogP) is 5.82. The molecule has 0 unspecified atom stereocenters. The van der Waals surface area contributed by atoms with Crippen molar-refractivity contribution in [1.82, 2.24) is 0 Å². The number of aryl methyl sites for hydroxylation is 1. The number of aliphatic carboxylic acids is 2. The Labute approximate surface area is 175 Å². The largest absolute Gasteiger partial charge is 0.508 e. The molecule has 1 aromatic carbocycles. The minimum absolute atomic E-state index is 0.334. The van der Waals surface area contributed by atoms with Crippen molar-refractivity contribution >= 4 is 11.9 Å². The average Bonchev–Trinajstić information content (AvgIpc) is 2.62. The number of carboxylic acid groups (broad SMARTS) is 2. The molecule has 0 heterocycles. The summed E-state index contributed by atoms with van der Waals surface area (Å²) in [5.41, 5.74) is 0.796. The first-order valence-corrected chi connectivity index (χ1v) is 10.7. The Morgan fingerprint density at radius 2 is 1.24 bits per heavy atom. The van der Waals surface area contributed by atoms with Crippen molar-refractivity contribution < 1.29 is 24.9 Å². The molecule has 0 radical (unpaired) electrons. The van der Waals surface area contributed by atoms with Gasteiger partial charge in [0.1, 0.15) is 5.75 Å². The Bertz CT molecular complexity index is 676. The minimum atomic E-state index is -0.757. The van der Waals surface area contributed by atoms with Gasteiger partial charge in [-0.1, -0.05) is 37.8 Å². The van der Waals surface area contributed by atoms with Gasteiger partial charge < -0.3 is 15.3 Å². The van der Waals surface area contributed by atoms with Crippen LogP contribution in [0.15, 0.2) is 18.2 Å². The summed E-state index contributed by atoms with van der Waals surface area (Å²) in [7, 11) is 0. The molecule has 0 amide bonds. The summed E-state index contributed by atoms with van der Waals surface area (Å²) < 4.78 is 0. The monoisotopic (exact) mass is 406 g/mol. The molecule has 3 N–H and O–H groups in total. The number of rotatable bonds is 14. The fraction of sp³-hybridized carbons (Fsp3) is 0.667. The van der Waals surface area contributed by atoms with E-state index in [2.05, 4.69) is 6.07 Å². The van der Waals surface area contributed by atoms with Crippen LogP contribution in [0.5, 0.6) is 5.75 Å². The van der Waals surface area contributed by atoms with Gasteiger partial charge in [0.2, 0.25) is 0 Å². The quantitative estimate of drug-likeness (QED) is 0.338. The second-order valence-corrected chi connectivity index (χ2v) is 9.41. The lowest BCUT2D eigenvalue weighted by Gasteiger charge is -2.19. The molecular weight excluding hydrogens is 368 g/mol. The van der Waals surface area contributed by atoms with Gasteiger partial charge in [-0.05, 0) is 83.4 Å². The minimum Gasteiger partial charge on any atom is -0.508 e. The zero-order valence-corrected chi connectivity index (χ0v) is 18.5. The van der Waals surface area contributed by atoms with Crippen molar-refractivity contribution in [3.63, 3.8) is 0 Å². The molecule has 0 fully saturated rings. The van der Waals surface area contributed by atoms with Crippen LogP contribution in [0.4, 0.5) is 0 Å². The number of benzene rings is 1. The van der Waals surface area contributed by atoms with E-state index in [-0.39, 0.29) is 0 Å². The number of hydrogen-bond donors (Lipinski definition) is 3. The van der Waals surface area contributed by atoms with E-state index < -0.39 is 22.8 Å². The molecule has 0 saturated carbocycles. The Balaban J connectivity index is 2.45. The van der Waals surface area contributed by atoms with Gasteiger partial charge in [0.25, 0.3) is 0 Å². The number of carbonyl (C=O) groups is 2. The summed E-state index contributed by atoms with van der Waals surface area (Å²) in [6.45, 7) is 7.04. The van der Waals surface area contributed by atoms with Crippen molar-refractivity contribution in [1.29, 1.82) is 0 Å². The van der Waals surface area contributed by atoms with Crippen molar-refractivity contribution in [2.45, 2.75) is 91.9 Å². The number of phenols is 1. The van der Waals surface area contributed by atoms with Crippen LogP contribution in [-0.4, -0.2) is 27.3 Å². The van der Waals surface area contributed by atoms with Crippen LogP contribution >= 0.6 is 0 Å². The molecule has 0 spiro atoms. The average molecular weight is 407 g/mol. The summed E-state index contributed by atoms with van der Waals surface area (Å²) >= 11 is 0. The van der Waals surface area contributed by atoms with Gasteiger partial charge in [0.05, 0.1) is 10.8 Å². The second-order valence-electron chi connectivity index (χ2n) is 9.41. The highest BCUT2D eigenvalue weighted by Gasteiger charge is 2.26. The van der Waals surface area contributed by atoms with Crippen molar-refractivity contribution in [2.75, 3.05) is 0 Å². The lowest BCUT2D eigenvalue weighted by atomic mass is 9.86. The number of unbranched alkanes of at least 4 members (excludes halogenated alkanes) is 4. The molecule has 5 heteroatoms. The third-order valence-corrected chi connectivity index (χ3v) is 5.88. The summed E-state index contributed by atoms with van der Waals surface area (Å²) in [5, 5.41) is 28.6. The maximum atomic E-state index is 11.2. The first-order valence-electron chi connectivity index (χ1n) is 10.7. The van der Waals surface area contributed by atoms with Gasteiger partial charge >= 0.3 is 11.9 Å². The molecule has 1 rings (SSSR count). The highest BCUT2D eigenvalue weighted by atomic mass is 16.4. The molecule has 0 aromatic heterocycles. The molecule has 0 aliphatic carbocycles. The lowest BCUT2D eigenvalue weighted by molar-refractivity contribution is -0.148. The molecule has 0 bridgehead atoms. The highest BCUT2D eigenvalue weighted by molar-refractivity contribution is 5.73. The number of aromatic hydroxyl groups is 1. The number of phenolic OH excluding ortho intramolecular Hbond substituents is 1. The molecule has 0 aliphatic rings. The summed E-state index contributed by atoms with van der Waals surface area (Å²) in [4.78, 5) is 22.3. The molecule has 0 aliphatic heterocycles. The van der Waals surface area contributed by atoms with Crippen molar-refractivity contribution in [3.05, 3.63) is 29.3 Å². The van der Waals surface area contributed by atoms with E-state index in [0.717, 1.165) is 62.5 Å². The normalized spacial score (nSPS) is 12.1. The van der Waals surface area contributed by atoms with Crippen LogP contribution in [0, 0.1) is 10.8 Å². The second kappa shape index (κ2) is 11.2. The van der Waals surface area contributed by atoms with E-state index >= 15 is 0 Å². The Hall–Kier alpha value is -2.04. The van der Waals surface area contributed by atoms with E-state index in [9.17, 15) is 24.9 Å². The summed E-state index contributed by atoms with van der Waals surface area (Å²) in [5.74, 6) is -1.17. The summed E-state index contributed by atoms with van der Waals surface area (Å²) in [6.07, 6.45) is 8.54. The predicted molar refractivity (Wildman–Crippen MR) is 115 cm³/mol. The molecule has 1 aromatic rings. The smallest absolute Gasteiger partial charge is 0.309 e. The lowest BCUT2D eigenvalue weighted by Crippen LogP contribution is -2.23. The Morgan fingerprint density at radius 3 is 1.72 bits per heavy atom.